The first-order chi connectivity index (χ1) is 12.3. The van der Waals surface area contributed by atoms with Gasteiger partial charge in [0.05, 0.1) is 11.1 Å². The van der Waals surface area contributed by atoms with Gasteiger partial charge in [0.2, 0.25) is 5.91 Å². The number of fused-ring (bicyclic) bond motifs is 1. The third kappa shape index (κ3) is 3.26. The summed E-state index contributed by atoms with van der Waals surface area (Å²) in [6, 6.07) is 3.75. The maximum Gasteiger partial charge on any atom is 0.240 e. The number of ether oxygens (including phenoxy) is 3. The highest BCUT2D eigenvalue weighted by Crippen LogP contribution is 2.49. The Hall–Kier alpha value is -1.50. The maximum atomic E-state index is 12.6. The molecule has 2 aliphatic rings. The zero-order valence-corrected chi connectivity index (χ0v) is 16.3. The summed E-state index contributed by atoms with van der Waals surface area (Å²) in [4.78, 5) is 12.6. The van der Waals surface area contributed by atoms with Crippen molar-refractivity contribution in [2.45, 2.75) is 45.3 Å². The van der Waals surface area contributed by atoms with E-state index in [2.05, 4.69) is 5.32 Å². The molecule has 0 radical (unpaired) electrons. The minimum Gasteiger partial charge on any atom is -0.486 e. The lowest BCUT2D eigenvalue weighted by Gasteiger charge is -2.57. The second kappa shape index (κ2) is 7.25. The maximum absolute atomic E-state index is 12.6. The molecule has 2 atom stereocenters. The van der Waals surface area contributed by atoms with Gasteiger partial charge < -0.3 is 25.3 Å². The molecule has 3 rings (SSSR count). The van der Waals surface area contributed by atoms with E-state index in [-0.39, 0.29) is 12.0 Å². The largest absolute Gasteiger partial charge is 0.486 e. The van der Waals surface area contributed by atoms with Crippen molar-refractivity contribution < 1.29 is 19.0 Å². The Morgan fingerprint density at radius 1 is 1.38 bits per heavy atom. The predicted molar refractivity (Wildman–Crippen MR) is 99.9 cm³/mol. The van der Waals surface area contributed by atoms with Crippen LogP contribution in [0.2, 0.25) is 5.02 Å². The zero-order valence-electron chi connectivity index (χ0n) is 15.6. The van der Waals surface area contributed by atoms with E-state index in [1.165, 1.54) is 0 Å². The monoisotopic (exact) mass is 382 g/mol. The molecule has 1 amide bonds. The molecular formula is C19H27ClN2O4. The number of hydrogen-bond donors (Lipinski definition) is 2. The van der Waals surface area contributed by atoms with Crippen LogP contribution in [-0.4, -0.2) is 43.9 Å². The van der Waals surface area contributed by atoms with Crippen LogP contribution in [0.1, 0.15) is 32.8 Å². The van der Waals surface area contributed by atoms with Crippen LogP contribution < -0.4 is 20.5 Å². The van der Waals surface area contributed by atoms with Gasteiger partial charge in [-0.3, -0.25) is 4.79 Å². The van der Waals surface area contributed by atoms with Crippen LogP contribution in [0.5, 0.6) is 11.5 Å². The summed E-state index contributed by atoms with van der Waals surface area (Å²) in [5, 5.41) is 3.48. The van der Waals surface area contributed by atoms with Crippen LogP contribution in [0.4, 0.5) is 0 Å². The minimum absolute atomic E-state index is 0.0138. The molecule has 0 bridgehead atoms. The lowest BCUT2D eigenvalue weighted by molar-refractivity contribution is -0.170. The highest BCUT2D eigenvalue weighted by molar-refractivity contribution is 6.32. The Morgan fingerprint density at radius 3 is 2.81 bits per heavy atom. The standard InChI is InChI=1S/C19H27ClN2O4/c1-4-24-15-11-19(21,18(15,2)3)17(23)22-6-5-12-9-13(20)16-14(10-12)25-7-8-26-16/h9-10,15H,4-8,11,21H2,1-3H3,(H,22,23). The number of nitrogens with one attached hydrogen (secondary N) is 1. The molecule has 6 nitrogen and oxygen atoms in total. The summed E-state index contributed by atoms with van der Waals surface area (Å²) in [5.74, 6) is 1.10. The highest BCUT2D eigenvalue weighted by Gasteiger charge is 2.62. The van der Waals surface area contributed by atoms with Gasteiger partial charge in [-0.15, -0.1) is 0 Å². The number of rotatable bonds is 6. The molecule has 1 aliphatic heterocycles. The number of benzene rings is 1. The van der Waals surface area contributed by atoms with Crippen molar-refractivity contribution in [3.63, 3.8) is 0 Å². The summed E-state index contributed by atoms with van der Waals surface area (Å²) in [6.45, 7) is 8.02. The number of nitrogens with two attached hydrogens (primary N) is 1. The Labute approximate surface area is 159 Å². The molecule has 1 fully saturated rings. The fourth-order valence-corrected chi connectivity index (χ4v) is 3.90. The molecule has 0 saturated heterocycles. The first-order valence-electron chi connectivity index (χ1n) is 9.06. The average Bonchev–Trinajstić information content (AvgIpc) is 2.61. The topological polar surface area (TPSA) is 82.8 Å². The molecule has 0 spiro atoms. The molecule has 1 aromatic rings. The fraction of sp³-hybridized carbons (Fsp3) is 0.632. The van der Waals surface area contributed by atoms with Gasteiger partial charge >= 0.3 is 0 Å². The van der Waals surface area contributed by atoms with Crippen LogP contribution in [0.3, 0.4) is 0 Å². The van der Waals surface area contributed by atoms with Crippen LogP contribution in [0.25, 0.3) is 0 Å². The third-order valence-corrected chi connectivity index (χ3v) is 5.87. The van der Waals surface area contributed by atoms with Crippen molar-refractivity contribution in [3.8, 4) is 11.5 Å². The van der Waals surface area contributed by atoms with E-state index in [0.29, 0.717) is 55.7 Å². The average molecular weight is 383 g/mol. The van der Waals surface area contributed by atoms with E-state index in [4.69, 9.17) is 31.5 Å². The van der Waals surface area contributed by atoms with Crippen LogP contribution in [-0.2, 0) is 16.0 Å². The quantitative estimate of drug-likeness (QED) is 0.788. The SMILES string of the molecule is CCOC1CC(N)(C(=O)NCCc2cc(Cl)c3c(c2)OCCO3)C1(C)C. The zero-order chi connectivity index (χ0) is 18.9. The van der Waals surface area contributed by atoms with E-state index in [1.54, 1.807) is 0 Å². The number of carbonyl (C=O) groups excluding carboxylic acids is 1. The van der Waals surface area contributed by atoms with Crippen molar-refractivity contribution in [2.75, 3.05) is 26.4 Å². The van der Waals surface area contributed by atoms with Crippen molar-refractivity contribution >= 4 is 17.5 Å². The van der Waals surface area contributed by atoms with Crippen molar-refractivity contribution in [1.29, 1.82) is 0 Å². The second-order valence-electron chi connectivity index (χ2n) is 7.45. The van der Waals surface area contributed by atoms with Crippen LogP contribution in [0.15, 0.2) is 12.1 Å². The predicted octanol–water partition coefficient (Wildman–Crippen LogP) is 2.30. The van der Waals surface area contributed by atoms with E-state index in [1.807, 2.05) is 32.9 Å². The lowest BCUT2D eigenvalue weighted by Crippen LogP contribution is -2.75. The summed E-state index contributed by atoms with van der Waals surface area (Å²) in [7, 11) is 0. The molecule has 1 aliphatic carbocycles. The summed E-state index contributed by atoms with van der Waals surface area (Å²) >= 11 is 6.25. The summed E-state index contributed by atoms with van der Waals surface area (Å²) < 4.78 is 16.8. The molecule has 2 unspecified atom stereocenters. The highest BCUT2D eigenvalue weighted by atomic mass is 35.5. The van der Waals surface area contributed by atoms with Gasteiger partial charge in [-0.2, -0.15) is 0 Å². The van der Waals surface area contributed by atoms with Gasteiger partial charge in [-0.05, 0) is 31.0 Å². The smallest absolute Gasteiger partial charge is 0.240 e. The van der Waals surface area contributed by atoms with Crippen molar-refractivity contribution in [3.05, 3.63) is 22.7 Å². The van der Waals surface area contributed by atoms with Gasteiger partial charge in [-0.1, -0.05) is 25.4 Å². The molecule has 7 heteroatoms. The number of halogens is 1. The van der Waals surface area contributed by atoms with Gasteiger partial charge in [0.1, 0.15) is 18.8 Å². The van der Waals surface area contributed by atoms with E-state index in [9.17, 15) is 4.79 Å². The van der Waals surface area contributed by atoms with Crippen LogP contribution in [0, 0.1) is 5.41 Å². The third-order valence-electron chi connectivity index (χ3n) is 5.59. The van der Waals surface area contributed by atoms with Gasteiger partial charge in [0, 0.05) is 25.0 Å². The Morgan fingerprint density at radius 2 is 2.12 bits per heavy atom. The first kappa shape index (κ1) is 19.3. The number of carbonyl (C=O) groups is 1. The first-order valence-corrected chi connectivity index (χ1v) is 9.44. The lowest BCUT2D eigenvalue weighted by atomic mass is 9.54. The second-order valence-corrected chi connectivity index (χ2v) is 7.86. The molecule has 1 aromatic carbocycles. The number of amides is 1. The normalized spacial score (nSPS) is 26.1. The summed E-state index contributed by atoms with van der Waals surface area (Å²) in [6.07, 6.45) is 1.18. The van der Waals surface area contributed by atoms with Crippen molar-refractivity contribution in [2.24, 2.45) is 11.1 Å². The molecule has 0 aromatic heterocycles. The molecule has 144 valence electrons. The molecule has 1 heterocycles. The molecule has 26 heavy (non-hydrogen) atoms. The Kier molecular flexibility index (Phi) is 5.37. The Bertz CT molecular complexity index is 694. The van der Waals surface area contributed by atoms with E-state index < -0.39 is 11.0 Å². The van der Waals surface area contributed by atoms with E-state index in [0.717, 1.165) is 5.56 Å². The Balaban J connectivity index is 1.57. The minimum atomic E-state index is -0.905. The fourth-order valence-electron chi connectivity index (χ4n) is 3.61. The molecular weight excluding hydrogens is 356 g/mol. The van der Waals surface area contributed by atoms with Gasteiger partial charge in [-0.25, -0.2) is 0 Å². The van der Waals surface area contributed by atoms with Gasteiger partial charge in [0.25, 0.3) is 0 Å². The number of hydrogen-bond acceptors (Lipinski definition) is 5. The molecule has 3 N–H and O–H groups in total. The summed E-state index contributed by atoms with van der Waals surface area (Å²) in [5.41, 5.74) is 6.07. The van der Waals surface area contributed by atoms with Crippen molar-refractivity contribution in [1.82, 2.24) is 5.32 Å². The van der Waals surface area contributed by atoms with Gasteiger partial charge in [0.15, 0.2) is 11.5 Å². The molecule has 1 saturated carbocycles. The van der Waals surface area contributed by atoms with Crippen LogP contribution >= 0.6 is 11.6 Å². The van der Waals surface area contributed by atoms with E-state index >= 15 is 0 Å².